The number of rotatable bonds is 2. The van der Waals surface area contributed by atoms with Gasteiger partial charge in [0.2, 0.25) is 0 Å². The number of carbonyl (C=O) groups is 1. The molecule has 0 N–H and O–H groups in total. The lowest BCUT2D eigenvalue weighted by molar-refractivity contribution is 0.0735. The molecule has 1 atom stereocenters. The largest absolute Gasteiger partial charge is 0.332 e. The molecule has 0 saturated carbocycles. The van der Waals surface area contributed by atoms with E-state index in [9.17, 15) is 9.59 Å². The highest BCUT2D eigenvalue weighted by Crippen LogP contribution is 2.32. The van der Waals surface area contributed by atoms with E-state index in [4.69, 9.17) is 0 Å². The number of amides is 1. The molecule has 1 saturated heterocycles. The molecule has 1 aromatic heterocycles. The molecule has 3 rings (SSSR count). The standard InChI is InChI=1S/C17H18N2O2/c1-18-11-9-14(12-16(18)20)17(21)19-10-5-8-15(19)13-6-3-2-4-7-13/h2-4,6-7,9,11-12,15H,5,8,10H2,1H3. The van der Waals surface area contributed by atoms with E-state index in [1.165, 1.54) is 10.6 Å². The lowest BCUT2D eigenvalue weighted by Gasteiger charge is -2.25. The summed E-state index contributed by atoms with van der Waals surface area (Å²) in [6.07, 6.45) is 3.61. The molecule has 1 aliphatic heterocycles. The Morgan fingerprint density at radius 3 is 2.67 bits per heavy atom. The average Bonchev–Trinajstić information content (AvgIpc) is 2.99. The molecular weight excluding hydrogens is 264 g/mol. The molecule has 4 nitrogen and oxygen atoms in total. The first-order chi connectivity index (χ1) is 10.2. The summed E-state index contributed by atoms with van der Waals surface area (Å²) in [5, 5.41) is 0. The van der Waals surface area contributed by atoms with Crippen LogP contribution >= 0.6 is 0 Å². The molecule has 1 aliphatic rings. The second kappa shape index (κ2) is 5.56. The molecule has 4 heteroatoms. The third-order valence-corrected chi connectivity index (χ3v) is 4.05. The van der Waals surface area contributed by atoms with Gasteiger partial charge in [0.05, 0.1) is 6.04 Å². The van der Waals surface area contributed by atoms with E-state index in [0.29, 0.717) is 5.56 Å². The van der Waals surface area contributed by atoms with Crippen LogP contribution in [0.15, 0.2) is 53.5 Å². The van der Waals surface area contributed by atoms with Crippen molar-refractivity contribution >= 4 is 5.91 Å². The highest BCUT2D eigenvalue weighted by Gasteiger charge is 2.30. The van der Waals surface area contributed by atoms with E-state index in [0.717, 1.165) is 24.9 Å². The van der Waals surface area contributed by atoms with Gasteiger partial charge in [-0.3, -0.25) is 9.59 Å². The molecule has 0 bridgehead atoms. The minimum absolute atomic E-state index is 0.0564. The lowest BCUT2D eigenvalue weighted by atomic mass is 10.0. The summed E-state index contributed by atoms with van der Waals surface area (Å²) >= 11 is 0. The van der Waals surface area contributed by atoms with Gasteiger partial charge in [0.25, 0.3) is 11.5 Å². The normalized spacial score (nSPS) is 18.0. The van der Waals surface area contributed by atoms with Crippen LogP contribution in [0.1, 0.15) is 34.8 Å². The number of aromatic nitrogens is 1. The van der Waals surface area contributed by atoms with Crippen LogP contribution in [0.4, 0.5) is 0 Å². The van der Waals surface area contributed by atoms with Crippen LogP contribution in [0.2, 0.25) is 0 Å². The molecule has 2 aromatic rings. The lowest BCUT2D eigenvalue weighted by Crippen LogP contribution is -2.31. The Labute approximate surface area is 123 Å². The van der Waals surface area contributed by atoms with Gasteiger partial charge in [0.15, 0.2) is 0 Å². The molecule has 1 unspecified atom stereocenters. The van der Waals surface area contributed by atoms with Crippen molar-refractivity contribution < 1.29 is 4.79 Å². The Bertz CT molecular complexity index is 706. The summed E-state index contributed by atoms with van der Waals surface area (Å²) < 4.78 is 1.47. The van der Waals surface area contributed by atoms with Crippen LogP contribution in [0.5, 0.6) is 0 Å². The van der Waals surface area contributed by atoms with Crippen molar-refractivity contribution in [3.05, 3.63) is 70.1 Å². The molecule has 1 aromatic carbocycles. The van der Waals surface area contributed by atoms with Gasteiger partial charge >= 0.3 is 0 Å². The van der Waals surface area contributed by atoms with Crippen LogP contribution in [-0.2, 0) is 7.05 Å². The maximum Gasteiger partial charge on any atom is 0.254 e. The Kier molecular flexibility index (Phi) is 3.60. The molecule has 0 spiro atoms. The first kappa shape index (κ1) is 13.6. The third kappa shape index (κ3) is 2.61. The maximum atomic E-state index is 12.7. The highest BCUT2D eigenvalue weighted by molar-refractivity contribution is 5.94. The molecule has 0 radical (unpaired) electrons. The SMILES string of the molecule is Cn1ccc(C(=O)N2CCCC2c2ccccc2)cc1=O. The van der Waals surface area contributed by atoms with Gasteiger partial charge in [-0.15, -0.1) is 0 Å². The second-order valence-corrected chi connectivity index (χ2v) is 5.43. The fourth-order valence-electron chi connectivity index (χ4n) is 2.88. The quantitative estimate of drug-likeness (QED) is 0.848. The number of carbonyl (C=O) groups excluding carboxylic acids is 1. The maximum absolute atomic E-state index is 12.7. The summed E-state index contributed by atoms with van der Waals surface area (Å²) in [5.74, 6) is -0.0564. The minimum atomic E-state index is -0.156. The first-order valence-electron chi connectivity index (χ1n) is 7.19. The summed E-state index contributed by atoms with van der Waals surface area (Å²) in [4.78, 5) is 26.3. The molecular formula is C17H18N2O2. The van der Waals surface area contributed by atoms with Crippen LogP contribution in [0.25, 0.3) is 0 Å². The van der Waals surface area contributed by atoms with Gasteiger partial charge in [0, 0.05) is 31.4 Å². The van der Waals surface area contributed by atoms with Crippen LogP contribution in [0.3, 0.4) is 0 Å². The van der Waals surface area contributed by atoms with Crippen molar-refractivity contribution in [3.63, 3.8) is 0 Å². The van der Waals surface area contributed by atoms with Gasteiger partial charge in [-0.25, -0.2) is 0 Å². The summed E-state index contributed by atoms with van der Waals surface area (Å²) in [6, 6.07) is 13.3. The van der Waals surface area contributed by atoms with Crippen molar-refractivity contribution in [2.45, 2.75) is 18.9 Å². The molecule has 0 aliphatic carbocycles. The van der Waals surface area contributed by atoms with E-state index >= 15 is 0 Å². The van der Waals surface area contributed by atoms with Crippen LogP contribution < -0.4 is 5.56 Å². The van der Waals surface area contributed by atoms with Gasteiger partial charge in [-0.1, -0.05) is 30.3 Å². The summed E-state index contributed by atoms with van der Waals surface area (Å²) in [5.41, 5.74) is 1.48. The molecule has 1 fully saturated rings. The van der Waals surface area contributed by atoms with E-state index in [1.807, 2.05) is 23.1 Å². The fourth-order valence-corrected chi connectivity index (χ4v) is 2.88. The minimum Gasteiger partial charge on any atom is -0.332 e. The van der Waals surface area contributed by atoms with Gasteiger partial charge in [0.1, 0.15) is 0 Å². The van der Waals surface area contributed by atoms with E-state index in [2.05, 4.69) is 12.1 Å². The molecule has 21 heavy (non-hydrogen) atoms. The monoisotopic (exact) mass is 282 g/mol. The second-order valence-electron chi connectivity index (χ2n) is 5.43. The van der Waals surface area contributed by atoms with Gasteiger partial charge in [-0.05, 0) is 24.5 Å². The predicted octanol–water partition coefficient (Wildman–Crippen LogP) is 2.36. The number of hydrogen-bond acceptors (Lipinski definition) is 2. The Hall–Kier alpha value is -2.36. The molecule has 1 amide bonds. The number of nitrogens with zero attached hydrogens (tertiary/aromatic N) is 2. The van der Waals surface area contributed by atoms with Gasteiger partial charge < -0.3 is 9.47 Å². The van der Waals surface area contributed by atoms with E-state index in [-0.39, 0.29) is 17.5 Å². The van der Waals surface area contributed by atoms with Crippen LogP contribution in [-0.4, -0.2) is 21.9 Å². The molecule has 108 valence electrons. The zero-order chi connectivity index (χ0) is 14.8. The zero-order valence-corrected chi connectivity index (χ0v) is 12.0. The Morgan fingerprint density at radius 1 is 1.19 bits per heavy atom. The average molecular weight is 282 g/mol. The number of aryl methyl sites for hydroxylation is 1. The smallest absolute Gasteiger partial charge is 0.254 e. The topological polar surface area (TPSA) is 42.3 Å². The highest BCUT2D eigenvalue weighted by atomic mass is 16.2. The molecule has 2 heterocycles. The Balaban J connectivity index is 1.89. The first-order valence-corrected chi connectivity index (χ1v) is 7.19. The van der Waals surface area contributed by atoms with Crippen molar-refractivity contribution in [1.82, 2.24) is 9.47 Å². The fraction of sp³-hybridized carbons (Fsp3) is 0.294. The van der Waals surface area contributed by atoms with Crippen LogP contribution in [0, 0.1) is 0 Å². The number of benzene rings is 1. The van der Waals surface area contributed by atoms with Gasteiger partial charge in [-0.2, -0.15) is 0 Å². The number of hydrogen-bond donors (Lipinski definition) is 0. The summed E-state index contributed by atoms with van der Waals surface area (Å²) in [6.45, 7) is 0.744. The van der Waals surface area contributed by atoms with Crippen molar-refractivity contribution in [2.75, 3.05) is 6.54 Å². The third-order valence-electron chi connectivity index (χ3n) is 4.05. The zero-order valence-electron chi connectivity index (χ0n) is 12.0. The number of pyridine rings is 1. The van der Waals surface area contributed by atoms with E-state index in [1.54, 1.807) is 19.3 Å². The van der Waals surface area contributed by atoms with E-state index < -0.39 is 0 Å². The van der Waals surface area contributed by atoms with Crippen molar-refractivity contribution in [1.29, 1.82) is 0 Å². The summed E-state index contributed by atoms with van der Waals surface area (Å²) in [7, 11) is 1.68. The number of likely N-dealkylation sites (tertiary alicyclic amines) is 1. The predicted molar refractivity (Wildman–Crippen MR) is 81.1 cm³/mol. The Morgan fingerprint density at radius 2 is 1.95 bits per heavy atom. The van der Waals surface area contributed by atoms with Crippen molar-refractivity contribution in [2.24, 2.45) is 7.05 Å². The van der Waals surface area contributed by atoms with Crippen molar-refractivity contribution in [3.8, 4) is 0 Å².